The van der Waals surface area contributed by atoms with Crippen molar-refractivity contribution in [1.82, 2.24) is 10.6 Å². The summed E-state index contributed by atoms with van der Waals surface area (Å²) in [4.78, 5) is 0. The van der Waals surface area contributed by atoms with Crippen molar-refractivity contribution in [2.75, 3.05) is 45.2 Å². The van der Waals surface area contributed by atoms with Crippen LogP contribution in [0.4, 0.5) is 5.69 Å². The summed E-state index contributed by atoms with van der Waals surface area (Å²) in [7, 11) is 2.27. The maximum absolute atomic E-state index is 3.61. The maximum atomic E-state index is 3.61. The van der Waals surface area contributed by atoms with E-state index in [-0.39, 0.29) is 6.04 Å². The van der Waals surface area contributed by atoms with Gasteiger partial charge in [-0.15, -0.1) is 0 Å². The number of benzene rings is 1. The summed E-state index contributed by atoms with van der Waals surface area (Å²) >= 11 is 0. The van der Waals surface area contributed by atoms with E-state index in [4.69, 9.17) is 0 Å². The lowest BCUT2D eigenvalue weighted by Gasteiger charge is -2.37. The van der Waals surface area contributed by atoms with Crippen molar-refractivity contribution in [1.29, 1.82) is 0 Å². The number of para-hydroxylation sites is 1. The van der Waals surface area contributed by atoms with Crippen LogP contribution in [0.2, 0.25) is 0 Å². The van der Waals surface area contributed by atoms with Gasteiger partial charge in [-0.2, -0.15) is 0 Å². The molecule has 2 atom stereocenters. The number of allylic oxidation sites excluding steroid dienone is 2. The molecule has 1 aromatic rings. The predicted octanol–water partition coefficient (Wildman–Crippen LogP) is 2.20. The van der Waals surface area contributed by atoms with Crippen LogP contribution in [-0.4, -0.2) is 50.4 Å². The van der Waals surface area contributed by atoms with Crippen molar-refractivity contribution in [3.8, 4) is 12.0 Å². The second-order valence-electron chi connectivity index (χ2n) is 7.29. The predicted molar refractivity (Wildman–Crippen MR) is 107 cm³/mol. The second kappa shape index (κ2) is 7.51. The SMILES string of the molecule is C[N+]1(C2C=CC=CC3=C2CCNCNC3)C#Cc2ccccc2NCC1. The summed E-state index contributed by atoms with van der Waals surface area (Å²) in [6, 6.07) is 12.2. The van der Waals surface area contributed by atoms with Gasteiger partial charge in [0.25, 0.3) is 0 Å². The third kappa shape index (κ3) is 3.47. The zero-order chi connectivity index (χ0) is 17.8. The van der Waals surface area contributed by atoms with Crippen LogP contribution in [0.5, 0.6) is 0 Å². The minimum Gasteiger partial charge on any atom is -0.378 e. The van der Waals surface area contributed by atoms with E-state index >= 15 is 0 Å². The number of fused-ring (bicyclic) bond motifs is 1. The molecular weight excluding hydrogens is 320 g/mol. The molecule has 3 aliphatic rings. The fraction of sp³-hybridized carbons (Fsp3) is 0.364. The summed E-state index contributed by atoms with van der Waals surface area (Å²) in [5.41, 5.74) is 5.14. The van der Waals surface area contributed by atoms with Gasteiger partial charge in [-0.3, -0.25) is 0 Å². The number of hydrogen-bond acceptors (Lipinski definition) is 3. The molecule has 2 unspecified atom stereocenters. The molecule has 134 valence electrons. The highest BCUT2D eigenvalue weighted by atomic mass is 15.3. The van der Waals surface area contributed by atoms with Crippen LogP contribution in [0.1, 0.15) is 12.0 Å². The molecule has 2 aliphatic heterocycles. The fourth-order valence-corrected chi connectivity index (χ4v) is 3.99. The van der Waals surface area contributed by atoms with Crippen molar-refractivity contribution in [3.05, 3.63) is 65.3 Å². The van der Waals surface area contributed by atoms with Gasteiger partial charge >= 0.3 is 0 Å². The van der Waals surface area contributed by atoms with Crippen molar-refractivity contribution in [3.63, 3.8) is 0 Å². The van der Waals surface area contributed by atoms with E-state index in [1.165, 1.54) is 11.1 Å². The molecular formula is C22H27N4+. The van der Waals surface area contributed by atoms with E-state index in [2.05, 4.69) is 83.5 Å². The Morgan fingerprint density at radius 3 is 3.00 bits per heavy atom. The van der Waals surface area contributed by atoms with E-state index in [0.29, 0.717) is 4.48 Å². The zero-order valence-corrected chi connectivity index (χ0v) is 15.4. The van der Waals surface area contributed by atoms with E-state index in [1.807, 2.05) is 0 Å². The fourth-order valence-electron chi connectivity index (χ4n) is 3.99. The average Bonchev–Trinajstić information content (AvgIpc) is 2.81. The van der Waals surface area contributed by atoms with Crippen LogP contribution in [0.3, 0.4) is 0 Å². The molecule has 4 heteroatoms. The number of rotatable bonds is 1. The Morgan fingerprint density at radius 2 is 2.04 bits per heavy atom. The van der Waals surface area contributed by atoms with Gasteiger partial charge in [0.05, 0.1) is 24.8 Å². The molecule has 0 radical (unpaired) electrons. The third-order valence-corrected chi connectivity index (χ3v) is 5.49. The molecule has 0 saturated carbocycles. The first-order valence-corrected chi connectivity index (χ1v) is 9.46. The monoisotopic (exact) mass is 347 g/mol. The highest BCUT2D eigenvalue weighted by Gasteiger charge is 2.35. The van der Waals surface area contributed by atoms with Gasteiger partial charge in [-0.1, -0.05) is 30.4 Å². The van der Waals surface area contributed by atoms with E-state index in [9.17, 15) is 0 Å². The molecule has 0 bridgehead atoms. The van der Waals surface area contributed by atoms with Crippen molar-refractivity contribution >= 4 is 5.69 Å². The lowest BCUT2D eigenvalue weighted by atomic mass is 9.94. The van der Waals surface area contributed by atoms with Gasteiger partial charge in [-0.25, -0.2) is 4.48 Å². The topological polar surface area (TPSA) is 36.1 Å². The molecule has 4 rings (SSSR count). The van der Waals surface area contributed by atoms with Crippen LogP contribution in [0.25, 0.3) is 0 Å². The van der Waals surface area contributed by atoms with Gasteiger partial charge in [-0.05, 0) is 41.7 Å². The molecule has 1 aromatic carbocycles. The van der Waals surface area contributed by atoms with Crippen LogP contribution < -0.4 is 16.0 Å². The zero-order valence-electron chi connectivity index (χ0n) is 15.4. The van der Waals surface area contributed by atoms with Gasteiger partial charge in [0.2, 0.25) is 0 Å². The number of nitrogens with zero attached hydrogens (tertiary/aromatic N) is 1. The molecule has 0 saturated heterocycles. The minimum atomic E-state index is 0.279. The van der Waals surface area contributed by atoms with E-state index in [0.717, 1.165) is 50.5 Å². The standard InChI is InChI=1S/C22H27N4/c1-26(14-11-18-6-2-4-8-21(18)25-13-15-26)22-9-5-3-7-19-16-24-17-23-12-10-20(19)22/h2-9,22-25H,10,12-13,15-17H2,1H3/q+1. The first-order chi connectivity index (χ1) is 12.8. The largest absolute Gasteiger partial charge is 0.378 e. The highest BCUT2D eigenvalue weighted by Crippen LogP contribution is 2.28. The molecule has 3 N–H and O–H groups in total. The van der Waals surface area contributed by atoms with E-state index < -0.39 is 0 Å². The number of likely N-dealkylation sites (N-methyl/N-ethyl adjacent to an activating group) is 1. The molecule has 0 aromatic heterocycles. The van der Waals surface area contributed by atoms with Crippen LogP contribution >= 0.6 is 0 Å². The maximum Gasteiger partial charge on any atom is 0.143 e. The van der Waals surface area contributed by atoms with Crippen molar-refractivity contribution < 1.29 is 4.48 Å². The molecule has 0 fully saturated rings. The molecule has 2 heterocycles. The minimum absolute atomic E-state index is 0.279. The Balaban J connectivity index is 1.74. The van der Waals surface area contributed by atoms with Gasteiger partial charge in [0.15, 0.2) is 0 Å². The van der Waals surface area contributed by atoms with Gasteiger partial charge < -0.3 is 16.0 Å². The van der Waals surface area contributed by atoms with Gasteiger partial charge in [0.1, 0.15) is 18.6 Å². The number of nitrogens with one attached hydrogen (secondary N) is 3. The molecule has 26 heavy (non-hydrogen) atoms. The highest BCUT2D eigenvalue weighted by molar-refractivity contribution is 5.59. The number of hydrogen-bond donors (Lipinski definition) is 3. The molecule has 1 aliphatic carbocycles. The molecule has 4 nitrogen and oxygen atoms in total. The first-order valence-electron chi connectivity index (χ1n) is 9.46. The summed E-state index contributed by atoms with van der Waals surface area (Å²) in [5.74, 6) is 3.45. The Labute approximate surface area is 156 Å². The summed E-state index contributed by atoms with van der Waals surface area (Å²) in [5, 5.41) is 10.5. The average molecular weight is 347 g/mol. The van der Waals surface area contributed by atoms with Crippen molar-refractivity contribution in [2.24, 2.45) is 0 Å². The molecule has 0 spiro atoms. The Kier molecular flexibility index (Phi) is 4.94. The lowest BCUT2D eigenvalue weighted by Crippen LogP contribution is -2.52. The molecule has 0 amide bonds. The number of quaternary nitrogens is 1. The van der Waals surface area contributed by atoms with Crippen LogP contribution in [-0.2, 0) is 0 Å². The summed E-state index contributed by atoms with van der Waals surface area (Å²) in [6.45, 7) is 4.66. The van der Waals surface area contributed by atoms with Crippen LogP contribution in [0, 0.1) is 12.0 Å². The smallest absolute Gasteiger partial charge is 0.143 e. The van der Waals surface area contributed by atoms with Gasteiger partial charge in [0, 0.05) is 19.8 Å². The Hall–Kier alpha value is -2.32. The quantitative estimate of drug-likeness (QED) is 0.538. The van der Waals surface area contributed by atoms with E-state index in [1.54, 1.807) is 0 Å². The second-order valence-corrected chi connectivity index (χ2v) is 7.29. The Morgan fingerprint density at radius 1 is 1.12 bits per heavy atom. The first kappa shape index (κ1) is 17.1. The van der Waals surface area contributed by atoms with Crippen LogP contribution in [0.15, 0.2) is 59.7 Å². The number of anilines is 1. The van der Waals surface area contributed by atoms with Crippen molar-refractivity contribution in [2.45, 2.75) is 12.5 Å². The summed E-state index contributed by atoms with van der Waals surface area (Å²) < 4.78 is 0.707. The normalized spacial score (nSPS) is 28.1. The Bertz CT molecular complexity index is 824. The summed E-state index contributed by atoms with van der Waals surface area (Å²) in [6.07, 6.45) is 10.0. The lowest BCUT2D eigenvalue weighted by molar-refractivity contribution is -0.855. The third-order valence-electron chi connectivity index (χ3n) is 5.49.